The van der Waals surface area contributed by atoms with Gasteiger partial charge in [0, 0.05) is 0 Å². The van der Waals surface area contributed by atoms with Crippen LogP contribution in [0.3, 0.4) is 0 Å². The standard InChI is InChI=1S/C22H26N2O6/c1-14(2)17-7-5-15(3)9-19(17)29-12-21(25)24-23-11-16-6-8-18(20(10-16)28-4)30-13-22(26)27/h5-11,14H,12-13H2,1-4H3,(H,24,25)(H,26,27). The van der Waals surface area contributed by atoms with Gasteiger partial charge in [-0.1, -0.05) is 26.0 Å². The van der Waals surface area contributed by atoms with Crippen molar-refractivity contribution in [2.24, 2.45) is 5.10 Å². The van der Waals surface area contributed by atoms with E-state index in [-0.39, 0.29) is 12.5 Å². The van der Waals surface area contributed by atoms with Crippen molar-refractivity contribution in [1.82, 2.24) is 5.43 Å². The first-order chi connectivity index (χ1) is 14.3. The number of methoxy groups -OCH3 is 1. The van der Waals surface area contributed by atoms with Gasteiger partial charge >= 0.3 is 5.97 Å². The third-order valence-corrected chi connectivity index (χ3v) is 4.09. The predicted molar refractivity (Wildman–Crippen MR) is 113 cm³/mol. The fraction of sp³-hybridized carbons (Fsp3) is 0.318. The summed E-state index contributed by atoms with van der Waals surface area (Å²) in [5.74, 6) is 0.142. The number of carbonyl (C=O) groups excluding carboxylic acids is 1. The Morgan fingerprint density at radius 3 is 2.47 bits per heavy atom. The predicted octanol–water partition coefficient (Wildman–Crippen LogP) is 3.12. The zero-order valence-electron chi connectivity index (χ0n) is 17.5. The summed E-state index contributed by atoms with van der Waals surface area (Å²) >= 11 is 0. The molecule has 8 nitrogen and oxygen atoms in total. The number of aliphatic carboxylic acids is 1. The van der Waals surface area contributed by atoms with Crippen LogP contribution in [0, 0.1) is 6.92 Å². The number of amides is 1. The summed E-state index contributed by atoms with van der Waals surface area (Å²) in [7, 11) is 1.44. The van der Waals surface area contributed by atoms with Crippen molar-refractivity contribution in [2.45, 2.75) is 26.7 Å². The lowest BCUT2D eigenvalue weighted by Crippen LogP contribution is -2.25. The molecular formula is C22H26N2O6. The molecule has 1 amide bonds. The number of nitrogens with zero attached hydrogens (tertiary/aromatic N) is 1. The van der Waals surface area contributed by atoms with Crippen LogP contribution in [0.5, 0.6) is 17.2 Å². The average Bonchev–Trinajstić information content (AvgIpc) is 2.70. The number of carboxylic acid groups (broad SMARTS) is 1. The molecule has 0 unspecified atom stereocenters. The first-order valence-electron chi connectivity index (χ1n) is 9.38. The maximum atomic E-state index is 12.0. The van der Waals surface area contributed by atoms with E-state index in [1.54, 1.807) is 18.2 Å². The Morgan fingerprint density at radius 2 is 1.80 bits per heavy atom. The summed E-state index contributed by atoms with van der Waals surface area (Å²) < 4.78 is 16.0. The van der Waals surface area contributed by atoms with Gasteiger partial charge in [0.1, 0.15) is 5.75 Å². The van der Waals surface area contributed by atoms with Crippen molar-refractivity contribution in [2.75, 3.05) is 20.3 Å². The van der Waals surface area contributed by atoms with Gasteiger partial charge < -0.3 is 19.3 Å². The van der Waals surface area contributed by atoms with Gasteiger partial charge in [0.2, 0.25) is 0 Å². The topological polar surface area (TPSA) is 106 Å². The van der Waals surface area contributed by atoms with E-state index in [1.807, 2.05) is 25.1 Å². The summed E-state index contributed by atoms with van der Waals surface area (Å²) in [5, 5.41) is 12.6. The Kier molecular flexibility index (Phi) is 8.22. The molecule has 0 atom stereocenters. The van der Waals surface area contributed by atoms with Crippen molar-refractivity contribution in [3.05, 3.63) is 53.1 Å². The van der Waals surface area contributed by atoms with Gasteiger partial charge in [0.25, 0.3) is 5.91 Å². The highest BCUT2D eigenvalue weighted by Crippen LogP contribution is 2.28. The van der Waals surface area contributed by atoms with Gasteiger partial charge in [-0.3, -0.25) is 4.79 Å². The molecule has 0 spiro atoms. The molecule has 2 aromatic carbocycles. The van der Waals surface area contributed by atoms with Crippen LogP contribution in [0.4, 0.5) is 0 Å². The summed E-state index contributed by atoms with van der Waals surface area (Å²) in [4.78, 5) is 22.7. The van der Waals surface area contributed by atoms with E-state index in [2.05, 4.69) is 24.4 Å². The molecule has 2 aromatic rings. The minimum absolute atomic E-state index is 0.161. The van der Waals surface area contributed by atoms with E-state index in [1.165, 1.54) is 13.3 Å². The van der Waals surface area contributed by atoms with Gasteiger partial charge in [-0.05, 0) is 53.8 Å². The molecule has 2 rings (SSSR count). The number of hydrazone groups is 1. The minimum atomic E-state index is -1.08. The number of ether oxygens (including phenoxy) is 3. The van der Waals surface area contributed by atoms with Crippen LogP contribution in [0.2, 0.25) is 0 Å². The number of carbonyl (C=O) groups is 2. The fourth-order valence-electron chi connectivity index (χ4n) is 2.62. The number of rotatable bonds is 10. The smallest absolute Gasteiger partial charge is 0.341 e. The molecule has 0 bridgehead atoms. The summed E-state index contributed by atoms with van der Waals surface area (Å²) in [6.07, 6.45) is 1.44. The van der Waals surface area contributed by atoms with Gasteiger partial charge in [-0.15, -0.1) is 0 Å². The molecule has 0 aromatic heterocycles. The number of aryl methyl sites for hydroxylation is 1. The van der Waals surface area contributed by atoms with E-state index >= 15 is 0 Å². The third kappa shape index (κ3) is 6.80. The molecule has 160 valence electrons. The normalized spacial score (nSPS) is 10.8. The van der Waals surface area contributed by atoms with E-state index in [9.17, 15) is 9.59 Å². The van der Waals surface area contributed by atoms with Crippen LogP contribution >= 0.6 is 0 Å². The number of benzene rings is 2. The highest BCUT2D eigenvalue weighted by atomic mass is 16.5. The summed E-state index contributed by atoms with van der Waals surface area (Å²) in [5.41, 5.74) is 5.14. The van der Waals surface area contributed by atoms with Gasteiger partial charge in [-0.2, -0.15) is 5.10 Å². The second-order valence-electron chi connectivity index (χ2n) is 6.87. The van der Waals surface area contributed by atoms with Gasteiger partial charge in [-0.25, -0.2) is 10.2 Å². The zero-order chi connectivity index (χ0) is 22.1. The zero-order valence-corrected chi connectivity index (χ0v) is 17.5. The fourth-order valence-corrected chi connectivity index (χ4v) is 2.62. The van der Waals surface area contributed by atoms with E-state index in [0.29, 0.717) is 22.8 Å². The molecule has 8 heteroatoms. The molecule has 0 saturated heterocycles. The first kappa shape index (κ1) is 22.7. The first-order valence-corrected chi connectivity index (χ1v) is 9.38. The van der Waals surface area contributed by atoms with Crippen LogP contribution in [0.15, 0.2) is 41.5 Å². The lowest BCUT2D eigenvalue weighted by Gasteiger charge is -2.14. The highest BCUT2D eigenvalue weighted by Gasteiger charge is 2.10. The van der Waals surface area contributed by atoms with Crippen LogP contribution in [-0.2, 0) is 9.59 Å². The Morgan fingerprint density at radius 1 is 1.07 bits per heavy atom. The van der Waals surface area contributed by atoms with Crippen LogP contribution in [0.1, 0.15) is 36.5 Å². The van der Waals surface area contributed by atoms with Gasteiger partial charge in [0.15, 0.2) is 24.7 Å². The number of hydrogen-bond donors (Lipinski definition) is 2. The third-order valence-electron chi connectivity index (χ3n) is 4.09. The quantitative estimate of drug-likeness (QED) is 0.457. The monoisotopic (exact) mass is 414 g/mol. The molecule has 0 heterocycles. The molecule has 0 fully saturated rings. The minimum Gasteiger partial charge on any atom is -0.493 e. The second-order valence-corrected chi connectivity index (χ2v) is 6.87. The average molecular weight is 414 g/mol. The van der Waals surface area contributed by atoms with Crippen LogP contribution < -0.4 is 19.6 Å². The maximum Gasteiger partial charge on any atom is 0.341 e. The van der Waals surface area contributed by atoms with E-state index in [0.717, 1.165) is 11.1 Å². The van der Waals surface area contributed by atoms with Crippen molar-refractivity contribution < 1.29 is 28.9 Å². The summed E-state index contributed by atoms with van der Waals surface area (Å²) in [6, 6.07) is 10.8. The lowest BCUT2D eigenvalue weighted by molar-refractivity contribution is -0.139. The lowest BCUT2D eigenvalue weighted by atomic mass is 10.0. The second kappa shape index (κ2) is 10.8. The molecular weight excluding hydrogens is 388 g/mol. The molecule has 30 heavy (non-hydrogen) atoms. The SMILES string of the molecule is COc1cc(C=NNC(=O)COc2cc(C)ccc2C(C)C)ccc1OCC(=O)O. The molecule has 2 N–H and O–H groups in total. The molecule has 0 aliphatic heterocycles. The molecule has 0 radical (unpaired) electrons. The number of nitrogens with one attached hydrogen (secondary N) is 1. The number of hydrogen-bond acceptors (Lipinski definition) is 6. The van der Waals surface area contributed by atoms with Crippen molar-refractivity contribution >= 4 is 18.1 Å². The summed E-state index contributed by atoms with van der Waals surface area (Å²) in [6.45, 7) is 5.46. The molecule has 0 saturated carbocycles. The van der Waals surface area contributed by atoms with Crippen molar-refractivity contribution in [3.8, 4) is 17.2 Å². The Balaban J connectivity index is 1.93. The molecule has 0 aliphatic rings. The maximum absolute atomic E-state index is 12.0. The van der Waals surface area contributed by atoms with Gasteiger partial charge in [0.05, 0.1) is 13.3 Å². The largest absolute Gasteiger partial charge is 0.493 e. The Bertz CT molecular complexity index is 924. The van der Waals surface area contributed by atoms with Crippen LogP contribution in [0.25, 0.3) is 0 Å². The highest BCUT2D eigenvalue weighted by molar-refractivity contribution is 5.83. The van der Waals surface area contributed by atoms with Crippen molar-refractivity contribution in [1.29, 1.82) is 0 Å². The van der Waals surface area contributed by atoms with E-state index < -0.39 is 18.5 Å². The Labute approximate surface area is 175 Å². The Hall–Kier alpha value is -3.55. The number of carboxylic acids is 1. The van der Waals surface area contributed by atoms with Crippen LogP contribution in [-0.4, -0.2) is 43.5 Å². The van der Waals surface area contributed by atoms with E-state index in [4.69, 9.17) is 19.3 Å². The van der Waals surface area contributed by atoms with Crippen molar-refractivity contribution in [3.63, 3.8) is 0 Å². The molecule has 0 aliphatic carbocycles.